The predicted molar refractivity (Wildman–Crippen MR) is 89.5 cm³/mol. The number of methoxy groups -OCH3 is 1. The Bertz CT molecular complexity index is 717. The van der Waals surface area contributed by atoms with Crippen LogP contribution in [0, 0.1) is 5.82 Å². The number of ether oxygens (including phenoxy) is 2. The molecule has 0 radical (unpaired) electrons. The molecule has 2 rings (SSSR count). The topological polar surface area (TPSA) is 76.7 Å². The maximum Gasteiger partial charge on any atom is 0.279 e. The molecule has 0 spiro atoms. The number of amides is 2. The van der Waals surface area contributed by atoms with Gasteiger partial charge in [-0.1, -0.05) is 12.1 Å². The molecule has 2 amide bonds. The van der Waals surface area contributed by atoms with Crippen LogP contribution in [0.5, 0.6) is 11.5 Å². The van der Waals surface area contributed by atoms with Crippen LogP contribution < -0.4 is 20.3 Å². The van der Waals surface area contributed by atoms with E-state index in [0.29, 0.717) is 17.1 Å². The molecule has 2 aromatic carbocycles. The molecule has 0 fully saturated rings. The maximum absolute atomic E-state index is 12.8. The van der Waals surface area contributed by atoms with Crippen LogP contribution in [0.2, 0.25) is 0 Å². The number of carbonyl (C=O) groups excluding carboxylic acids is 2. The zero-order valence-corrected chi connectivity index (χ0v) is 13.9. The van der Waals surface area contributed by atoms with Crippen molar-refractivity contribution in [2.45, 2.75) is 19.4 Å². The number of hydrazine groups is 1. The lowest BCUT2D eigenvalue weighted by Crippen LogP contribution is -2.47. The molecule has 7 heteroatoms. The second kappa shape index (κ2) is 8.68. The molecule has 132 valence electrons. The van der Waals surface area contributed by atoms with Crippen molar-refractivity contribution >= 4 is 11.8 Å². The summed E-state index contributed by atoms with van der Waals surface area (Å²) in [5.74, 6) is -0.111. The normalized spacial score (nSPS) is 11.3. The van der Waals surface area contributed by atoms with Crippen LogP contribution in [0.3, 0.4) is 0 Å². The van der Waals surface area contributed by atoms with Gasteiger partial charge in [0.05, 0.1) is 13.5 Å². The summed E-state index contributed by atoms with van der Waals surface area (Å²) in [6.07, 6.45) is -0.784. The molecule has 1 unspecified atom stereocenters. The molecule has 0 aliphatic heterocycles. The van der Waals surface area contributed by atoms with Gasteiger partial charge in [-0.2, -0.15) is 0 Å². The van der Waals surface area contributed by atoms with Gasteiger partial charge in [0, 0.05) is 0 Å². The molecule has 25 heavy (non-hydrogen) atoms. The fraction of sp³-hybridized carbons (Fsp3) is 0.222. The van der Waals surface area contributed by atoms with E-state index in [1.807, 2.05) is 0 Å². The molecule has 0 saturated carbocycles. The molecule has 0 saturated heterocycles. The standard InChI is InChI=1S/C18H19FN2O4/c1-12(25-16-9-7-15(24-2)8-10-16)18(23)21-20-17(22)11-13-3-5-14(19)6-4-13/h3-10,12H,11H2,1-2H3,(H,20,22)(H,21,23). The SMILES string of the molecule is COc1ccc(OC(C)C(=O)NNC(=O)Cc2ccc(F)cc2)cc1. The Morgan fingerprint density at radius 1 is 1.00 bits per heavy atom. The van der Waals surface area contributed by atoms with Crippen molar-refractivity contribution in [3.63, 3.8) is 0 Å². The van der Waals surface area contributed by atoms with E-state index in [1.165, 1.54) is 24.3 Å². The van der Waals surface area contributed by atoms with Gasteiger partial charge in [0.1, 0.15) is 17.3 Å². The van der Waals surface area contributed by atoms with Crippen molar-refractivity contribution in [2.75, 3.05) is 7.11 Å². The molecule has 0 bridgehead atoms. The molecule has 6 nitrogen and oxygen atoms in total. The summed E-state index contributed by atoms with van der Waals surface area (Å²) in [6, 6.07) is 12.3. The first kappa shape index (κ1) is 18.3. The molecule has 0 aliphatic carbocycles. The first-order chi connectivity index (χ1) is 12.0. The summed E-state index contributed by atoms with van der Waals surface area (Å²) < 4.78 is 23.3. The van der Waals surface area contributed by atoms with Gasteiger partial charge in [-0.3, -0.25) is 20.4 Å². The average Bonchev–Trinajstić information content (AvgIpc) is 2.62. The summed E-state index contributed by atoms with van der Waals surface area (Å²) in [7, 11) is 1.56. The highest BCUT2D eigenvalue weighted by Gasteiger charge is 2.15. The minimum absolute atomic E-state index is 0.0221. The van der Waals surface area contributed by atoms with Gasteiger partial charge in [0.25, 0.3) is 5.91 Å². The molecule has 2 aromatic rings. The van der Waals surface area contributed by atoms with E-state index in [-0.39, 0.29) is 12.2 Å². The van der Waals surface area contributed by atoms with Crippen molar-refractivity contribution < 1.29 is 23.5 Å². The van der Waals surface area contributed by atoms with Crippen molar-refractivity contribution in [1.82, 2.24) is 10.9 Å². The van der Waals surface area contributed by atoms with Gasteiger partial charge in [-0.15, -0.1) is 0 Å². The lowest BCUT2D eigenvalue weighted by molar-refractivity contribution is -0.132. The third kappa shape index (κ3) is 5.80. The quantitative estimate of drug-likeness (QED) is 0.785. The first-order valence-corrected chi connectivity index (χ1v) is 7.62. The summed E-state index contributed by atoms with van der Waals surface area (Å²) in [4.78, 5) is 23.7. The lowest BCUT2D eigenvalue weighted by atomic mass is 10.1. The number of nitrogens with one attached hydrogen (secondary N) is 2. The fourth-order valence-corrected chi connectivity index (χ4v) is 1.98. The highest BCUT2D eigenvalue weighted by Crippen LogP contribution is 2.18. The van der Waals surface area contributed by atoms with Crippen LogP contribution in [-0.4, -0.2) is 25.0 Å². The summed E-state index contributed by atoms with van der Waals surface area (Å²) in [6.45, 7) is 1.56. The molecule has 0 aliphatic rings. The maximum atomic E-state index is 12.8. The van der Waals surface area contributed by atoms with Crippen LogP contribution in [0.1, 0.15) is 12.5 Å². The first-order valence-electron chi connectivity index (χ1n) is 7.62. The Morgan fingerprint density at radius 2 is 1.60 bits per heavy atom. The summed E-state index contributed by atoms with van der Waals surface area (Å²) in [5.41, 5.74) is 5.23. The third-order valence-corrected chi connectivity index (χ3v) is 3.34. The Hall–Kier alpha value is -3.09. The Labute approximate surface area is 144 Å². The summed E-state index contributed by atoms with van der Waals surface area (Å²) in [5, 5.41) is 0. The number of halogens is 1. The molecule has 2 N–H and O–H groups in total. The second-order valence-electron chi connectivity index (χ2n) is 5.28. The second-order valence-corrected chi connectivity index (χ2v) is 5.28. The minimum atomic E-state index is -0.806. The largest absolute Gasteiger partial charge is 0.497 e. The van der Waals surface area contributed by atoms with Crippen LogP contribution in [0.25, 0.3) is 0 Å². The van der Waals surface area contributed by atoms with Crippen LogP contribution in [0.15, 0.2) is 48.5 Å². The van der Waals surface area contributed by atoms with E-state index in [9.17, 15) is 14.0 Å². The highest BCUT2D eigenvalue weighted by atomic mass is 19.1. The van der Waals surface area contributed by atoms with Crippen molar-refractivity contribution in [3.05, 3.63) is 59.9 Å². The fourth-order valence-electron chi connectivity index (χ4n) is 1.98. The Morgan fingerprint density at radius 3 is 2.20 bits per heavy atom. The Balaban J connectivity index is 1.77. The van der Waals surface area contributed by atoms with Crippen LogP contribution in [-0.2, 0) is 16.0 Å². The molecule has 1 atom stereocenters. The van der Waals surface area contributed by atoms with Gasteiger partial charge in [0.15, 0.2) is 6.10 Å². The van der Waals surface area contributed by atoms with Gasteiger partial charge in [0.2, 0.25) is 5.91 Å². The van der Waals surface area contributed by atoms with Crippen molar-refractivity contribution in [1.29, 1.82) is 0 Å². The average molecular weight is 346 g/mol. The number of hydrogen-bond donors (Lipinski definition) is 2. The molecular weight excluding hydrogens is 327 g/mol. The third-order valence-electron chi connectivity index (χ3n) is 3.34. The van der Waals surface area contributed by atoms with Gasteiger partial charge in [-0.25, -0.2) is 4.39 Å². The molecule has 0 aromatic heterocycles. The van der Waals surface area contributed by atoms with Crippen LogP contribution >= 0.6 is 0 Å². The van der Waals surface area contributed by atoms with E-state index >= 15 is 0 Å². The van der Waals surface area contributed by atoms with Gasteiger partial charge in [-0.05, 0) is 48.9 Å². The zero-order valence-electron chi connectivity index (χ0n) is 13.9. The number of hydrogen-bond acceptors (Lipinski definition) is 4. The monoisotopic (exact) mass is 346 g/mol. The van der Waals surface area contributed by atoms with Gasteiger partial charge < -0.3 is 9.47 Å². The predicted octanol–water partition coefficient (Wildman–Crippen LogP) is 1.99. The van der Waals surface area contributed by atoms with E-state index in [2.05, 4.69) is 10.9 Å². The minimum Gasteiger partial charge on any atom is -0.497 e. The van der Waals surface area contributed by atoms with E-state index in [4.69, 9.17) is 9.47 Å². The van der Waals surface area contributed by atoms with Crippen LogP contribution in [0.4, 0.5) is 4.39 Å². The highest BCUT2D eigenvalue weighted by molar-refractivity contribution is 5.85. The number of benzene rings is 2. The van der Waals surface area contributed by atoms with E-state index < -0.39 is 17.9 Å². The van der Waals surface area contributed by atoms with E-state index in [0.717, 1.165) is 0 Å². The lowest BCUT2D eigenvalue weighted by Gasteiger charge is -2.15. The van der Waals surface area contributed by atoms with E-state index in [1.54, 1.807) is 38.3 Å². The number of carbonyl (C=O) groups is 2. The van der Waals surface area contributed by atoms with Crippen molar-refractivity contribution in [2.24, 2.45) is 0 Å². The molecule has 0 heterocycles. The zero-order chi connectivity index (χ0) is 18.2. The molecular formula is C18H19FN2O4. The van der Waals surface area contributed by atoms with Crippen molar-refractivity contribution in [3.8, 4) is 11.5 Å². The van der Waals surface area contributed by atoms with Gasteiger partial charge >= 0.3 is 0 Å². The Kier molecular flexibility index (Phi) is 6.33. The summed E-state index contributed by atoms with van der Waals surface area (Å²) >= 11 is 0. The number of rotatable bonds is 6. The smallest absolute Gasteiger partial charge is 0.279 e.